The molecule has 1 aromatic carbocycles. The molecule has 3 N–H and O–H groups in total. The van der Waals surface area contributed by atoms with E-state index in [4.69, 9.17) is 18.9 Å². The van der Waals surface area contributed by atoms with Crippen LogP contribution in [0.5, 0.6) is 5.75 Å². The lowest BCUT2D eigenvalue weighted by Crippen LogP contribution is -2.40. The molecule has 0 spiro atoms. The molecule has 12 nitrogen and oxygen atoms in total. The summed E-state index contributed by atoms with van der Waals surface area (Å²) in [6, 6.07) is 4.34. The van der Waals surface area contributed by atoms with E-state index in [0.717, 1.165) is 0 Å². The highest BCUT2D eigenvalue weighted by atomic mass is 16.6. The van der Waals surface area contributed by atoms with E-state index in [2.05, 4.69) is 14.8 Å². The van der Waals surface area contributed by atoms with Crippen molar-refractivity contribution in [1.29, 1.82) is 0 Å². The number of methoxy groups -OCH3 is 2. The minimum atomic E-state index is -0.751. The monoisotopic (exact) mass is 501 g/mol. The van der Waals surface area contributed by atoms with E-state index < -0.39 is 23.9 Å². The fourth-order valence-electron chi connectivity index (χ4n) is 2.83. The van der Waals surface area contributed by atoms with Crippen LogP contribution in [0.3, 0.4) is 0 Å². The van der Waals surface area contributed by atoms with Gasteiger partial charge in [-0.05, 0) is 23.3 Å². The van der Waals surface area contributed by atoms with E-state index in [-0.39, 0.29) is 45.9 Å². The van der Waals surface area contributed by atoms with Crippen molar-refractivity contribution < 1.29 is 53.0 Å². The molecule has 35 heavy (non-hydrogen) atoms. The van der Waals surface area contributed by atoms with Crippen molar-refractivity contribution in [2.75, 3.05) is 60.5 Å². The summed E-state index contributed by atoms with van der Waals surface area (Å²) in [6.07, 6.45) is -0.325. The average molecular weight is 502 g/mol. The predicted octanol–water partition coefficient (Wildman–Crippen LogP) is -0.289. The molecule has 0 saturated carbocycles. The molecule has 1 rings (SSSR count). The molecule has 0 aromatic heterocycles. The van der Waals surface area contributed by atoms with E-state index in [1.165, 1.54) is 14.2 Å². The van der Waals surface area contributed by atoms with Crippen molar-refractivity contribution in [3.05, 3.63) is 29.3 Å². The standard InChI is InChI=1S/C23H35NO11/c1-30-22(28)12-19(13-23(29)31-2)24-21(27)16-34-6-5-32-3-4-33-7-8-35-20-10-17(14-25)9-18(11-20)15-26/h9-11,19,25-26H,3-8,12-16H2,1-2H3,(H,24,27). The molecule has 0 unspecified atom stereocenters. The number of rotatable bonds is 19. The number of hydrogen-bond acceptors (Lipinski definition) is 11. The Morgan fingerprint density at radius 1 is 0.771 bits per heavy atom. The van der Waals surface area contributed by atoms with Crippen molar-refractivity contribution >= 4 is 17.8 Å². The maximum Gasteiger partial charge on any atom is 0.307 e. The highest BCUT2D eigenvalue weighted by Crippen LogP contribution is 2.17. The summed E-state index contributed by atoms with van der Waals surface area (Å²) in [4.78, 5) is 34.8. The summed E-state index contributed by atoms with van der Waals surface area (Å²) in [6.45, 7) is 1.17. The highest BCUT2D eigenvalue weighted by Gasteiger charge is 2.20. The number of carbonyl (C=O) groups excluding carboxylic acids is 3. The number of nitrogens with one attached hydrogen (secondary N) is 1. The normalized spacial score (nSPS) is 10.8. The minimum absolute atomic E-state index is 0.141. The van der Waals surface area contributed by atoms with Gasteiger partial charge in [0.25, 0.3) is 0 Å². The van der Waals surface area contributed by atoms with Crippen molar-refractivity contribution in [1.82, 2.24) is 5.32 Å². The maximum atomic E-state index is 12.0. The minimum Gasteiger partial charge on any atom is -0.491 e. The quantitative estimate of drug-likeness (QED) is 0.169. The molecule has 0 aliphatic rings. The largest absolute Gasteiger partial charge is 0.491 e. The van der Waals surface area contributed by atoms with E-state index in [1.807, 2.05) is 0 Å². The van der Waals surface area contributed by atoms with Gasteiger partial charge >= 0.3 is 11.9 Å². The fraction of sp³-hybridized carbons (Fsp3) is 0.609. The zero-order valence-electron chi connectivity index (χ0n) is 20.2. The lowest BCUT2D eigenvalue weighted by molar-refractivity contribution is -0.143. The topological polar surface area (TPSA) is 159 Å². The van der Waals surface area contributed by atoms with Crippen LogP contribution in [-0.2, 0) is 51.3 Å². The first-order valence-corrected chi connectivity index (χ1v) is 11.0. The Labute approximate surface area is 204 Å². The van der Waals surface area contributed by atoms with Crippen molar-refractivity contribution in [3.8, 4) is 5.75 Å². The average Bonchev–Trinajstić information content (AvgIpc) is 2.86. The third-order valence-electron chi connectivity index (χ3n) is 4.51. The summed E-state index contributed by atoms with van der Waals surface area (Å²) in [7, 11) is 2.43. The third kappa shape index (κ3) is 14.3. The van der Waals surface area contributed by atoms with Crippen LogP contribution >= 0.6 is 0 Å². The van der Waals surface area contributed by atoms with Gasteiger partial charge in [-0.3, -0.25) is 14.4 Å². The number of amides is 1. The second-order valence-corrected chi connectivity index (χ2v) is 7.25. The highest BCUT2D eigenvalue weighted by molar-refractivity contribution is 5.80. The Kier molecular flexibility index (Phi) is 16.0. The summed E-state index contributed by atoms with van der Waals surface area (Å²) in [5.41, 5.74) is 1.31. The van der Waals surface area contributed by atoms with Gasteiger partial charge in [0.05, 0.1) is 73.3 Å². The van der Waals surface area contributed by atoms with E-state index >= 15 is 0 Å². The van der Waals surface area contributed by atoms with Gasteiger partial charge in [0.15, 0.2) is 0 Å². The number of esters is 2. The molecule has 0 heterocycles. The molecule has 0 aliphatic carbocycles. The van der Waals surface area contributed by atoms with Crippen LogP contribution in [0.25, 0.3) is 0 Å². The molecule has 0 saturated heterocycles. The van der Waals surface area contributed by atoms with E-state index in [9.17, 15) is 24.6 Å². The number of aliphatic hydroxyl groups is 2. The molecule has 1 amide bonds. The second kappa shape index (κ2) is 18.5. The van der Waals surface area contributed by atoms with E-state index in [0.29, 0.717) is 43.3 Å². The third-order valence-corrected chi connectivity index (χ3v) is 4.51. The molecule has 0 atom stereocenters. The fourth-order valence-corrected chi connectivity index (χ4v) is 2.83. The number of ether oxygens (including phenoxy) is 6. The van der Waals surface area contributed by atoms with Crippen LogP contribution in [0.1, 0.15) is 24.0 Å². The molecule has 198 valence electrons. The van der Waals surface area contributed by atoms with Crippen molar-refractivity contribution in [3.63, 3.8) is 0 Å². The zero-order valence-corrected chi connectivity index (χ0v) is 20.2. The van der Waals surface area contributed by atoms with Gasteiger partial charge < -0.3 is 44.0 Å². The number of carbonyl (C=O) groups is 3. The molecule has 0 radical (unpaired) electrons. The predicted molar refractivity (Wildman–Crippen MR) is 121 cm³/mol. The molecule has 12 heteroatoms. The number of benzene rings is 1. The van der Waals surface area contributed by atoms with E-state index in [1.54, 1.807) is 18.2 Å². The first-order chi connectivity index (χ1) is 16.9. The van der Waals surface area contributed by atoms with Crippen LogP contribution in [0.4, 0.5) is 0 Å². The first-order valence-electron chi connectivity index (χ1n) is 11.0. The molecule has 0 bridgehead atoms. The summed E-state index contributed by atoms with van der Waals surface area (Å²) in [5.74, 6) is -1.06. The molecular formula is C23H35NO11. The van der Waals surface area contributed by atoms with Crippen LogP contribution < -0.4 is 10.1 Å². The lowest BCUT2D eigenvalue weighted by Gasteiger charge is -2.16. The Morgan fingerprint density at radius 3 is 1.74 bits per heavy atom. The summed E-state index contributed by atoms with van der Waals surface area (Å²) >= 11 is 0. The van der Waals surface area contributed by atoms with Gasteiger partial charge in [-0.1, -0.05) is 6.07 Å². The van der Waals surface area contributed by atoms with Gasteiger partial charge in [0.2, 0.25) is 5.91 Å². The SMILES string of the molecule is COC(=O)CC(CC(=O)OC)NC(=O)COCCOCCOCCOc1cc(CO)cc(CO)c1. The summed E-state index contributed by atoms with van der Waals surface area (Å²) < 4.78 is 30.7. The van der Waals surface area contributed by atoms with Gasteiger partial charge in [-0.15, -0.1) is 0 Å². The molecule has 0 fully saturated rings. The Bertz CT molecular complexity index is 732. The number of aliphatic hydroxyl groups excluding tert-OH is 2. The van der Waals surface area contributed by atoms with Gasteiger partial charge in [-0.2, -0.15) is 0 Å². The Hall–Kier alpha value is -2.77. The Morgan fingerprint density at radius 2 is 1.26 bits per heavy atom. The zero-order chi connectivity index (χ0) is 25.9. The molecular weight excluding hydrogens is 466 g/mol. The van der Waals surface area contributed by atoms with Gasteiger partial charge in [0.1, 0.15) is 19.0 Å². The van der Waals surface area contributed by atoms with Gasteiger partial charge in [0, 0.05) is 6.04 Å². The van der Waals surface area contributed by atoms with Crippen molar-refractivity contribution in [2.45, 2.75) is 32.1 Å². The Balaban J connectivity index is 2.09. The van der Waals surface area contributed by atoms with Crippen LogP contribution in [0, 0.1) is 0 Å². The van der Waals surface area contributed by atoms with Crippen LogP contribution in [-0.4, -0.2) is 94.6 Å². The lowest BCUT2D eigenvalue weighted by atomic mass is 10.1. The molecule has 0 aliphatic heterocycles. The number of hydrogen-bond donors (Lipinski definition) is 3. The van der Waals surface area contributed by atoms with Crippen molar-refractivity contribution in [2.24, 2.45) is 0 Å². The summed E-state index contributed by atoms with van der Waals surface area (Å²) in [5, 5.41) is 21.0. The van der Waals surface area contributed by atoms with Crippen LogP contribution in [0.2, 0.25) is 0 Å². The first kappa shape index (κ1) is 30.3. The van der Waals surface area contributed by atoms with Gasteiger partial charge in [-0.25, -0.2) is 0 Å². The maximum absolute atomic E-state index is 12.0. The second-order valence-electron chi connectivity index (χ2n) is 7.25. The smallest absolute Gasteiger partial charge is 0.307 e. The molecule has 1 aromatic rings. The van der Waals surface area contributed by atoms with Crippen LogP contribution in [0.15, 0.2) is 18.2 Å².